The fraction of sp³-hybridized carbons (Fsp3) is 0.333. The van der Waals surface area contributed by atoms with Gasteiger partial charge in [-0.25, -0.2) is 0 Å². The molecule has 0 bridgehead atoms. The normalized spacial score (nSPS) is 17.7. The predicted molar refractivity (Wildman–Crippen MR) is 82.8 cm³/mol. The van der Waals surface area contributed by atoms with Crippen molar-refractivity contribution in [2.45, 2.75) is 39.7 Å². The third kappa shape index (κ3) is 2.51. The van der Waals surface area contributed by atoms with E-state index in [9.17, 15) is 0 Å². The molecule has 0 saturated heterocycles. The Morgan fingerprint density at radius 2 is 1.68 bits per heavy atom. The molecule has 1 nitrogen and oxygen atoms in total. The van der Waals surface area contributed by atoms with E-state index >= 15 is 0 Å². The first-order chi connectivity index (χ1) is 9.11. The molecule has 98 valence electrons. The van der Waals surface area contributed by atoms with Crippen LogP contribution in [0.5, 0.6) is 0 Å². The Morgan fingerprint density at radius 3 is 2.42 bits per heavy atom. The van der Waals surface area contributed by atoms with Crippen LogP contribution in [0, 0.1) is 13.8 Å². The lowest BCUT2D eigenvalue weighted by Gasteiger charge is -2.24. The van der Waals surface area contributed by atoms with Crippen LogP contribution in [0.1, 0.15) is 30.0 Å². The smallest absolute Gasteiger partial charge is 0.0375 e. The summed E-state index contributed by atoms with van der Waals surface area (Å²) in [6.07, 6.45) is 2.41. The summed E-state index contributed by atoms with van der Waals surface area (Å²) in [4.78, 5) is 0. The molecule has 0 amide bonds. The SMILES string of the molecule is Cc1cc(C)cc(-c2ccc3c(c2)CCC(C)N3)c1. The topological polar surface area (TPSA) is 12.0 Å². The Bertz CT molecular complexity index is 593. The van der Waals surface area contributed by atoms with Crippen molar-refractivity contribution in [2.24, 2.45) is 0 Å². The zero-order valence-electron chi connectivity index (χ0n) is 12.0. The van der Waals surface area contributed by atoms with Crippen LogP contribution >= 0.6 is 0 Å². The number of rotatable bonds is 1. The fourth-order valence-electron chi connectivity index (χ4n) is 2.97. The van der Waals surface area contributed by atoms with E-state index in [4.69, 9.17) is 0 Å². The lowest BCUT2D eigenvalue weighted by molar-refractivity contribution is 0.681. The van der Waals surface area contributed by atoms with Crippen molar-refractivity contribution in [3.63, 3.8) is 0 Å². The maximum Gasteiger partial charge on any atom is 0.0375 e. The van der Waals surface area contributed by atoms with Crippen LogP contribution in [0.15, 0.2) is 36.4 Å². The molecule has 0 fully saturated rings. The number of benzene rings is 2. The van der Waals surface area contributed by atoms with E-state index in [-0.39, 0.29) is 0 Å². The number of fused-ring (bicyclic) bond motifs is 1. The van der Waals surface area contributed by atoms with Gasteiger partial charge in [0.1, 0.15) is 0 Å². The molecule has 1 aliphatic heterocycles. The molecule has 0 aliphatic carbocycles. The van der Waals surface area contributed by atoms with Gasteiger partial charge in [-0.15, -0.1) is 0 Å². The van der Waals surface area contributed by atoms with E-state index < -0.39 is 0 Å². The van der Waals surface area contributed by atoms with Crippen molar-refractivity contribution in [1.82, 2.24) is 0 Å². The van der Waals surface area contributed by atoms with Gasteiger partial charge < -0.3 is 5.32 Å². The highest BCUT2D eigenvalue weighted by molar-refractivity contribution is 5.70. The van der Waals surface area contributed by atoms with Gasteiger partial charge in [-0.3, -0.25) is 0 Å². The Morgan fingerprint density at radius 1 is 0.947 bits per heavy atom. The summed E-state index contributed by atoms with van der Waals surface area (Å²) in [5.74, 6) is 0. The average molecular weight is 251 g/mol. The van der Waals surface area contributed by atoms with Crippen molar-refractivity contribution in [2.75, 3.05) is 5.32 Å². The second-order valence-corrected chi connectivity index (χ2v) is 5.83. The molecule has 1 atom stereocenters. The van der Waals surface area contributed by atoms with Crippen LogP contribution in [-0.4, -0.2) is 6.04 Å². The first kappa shape index (κ1) is 12.3. The quantitative estimate of drug-likeness (QED) is 0.773. The zero-order valence-corrected chi connectivity index (χ0v) is 12.0. The molecule has 1 N–H and O–H groups in total. The molecule has 0 radical (unpaired) electrons. The van der Waals surface area contributed by atoms with Gasteiger partial charge in [0.2, 0.25) is 0 Å². The van der Waals surface area contributed by atoms with Crippen LogP contribution in [0.3, 0.4) is 0 Å². The van der Waals surface area contributed by atoms with Crippen molar-refractivity contribution < 1.29 is 0 Å². The largest absolute Gasteiger partial charge is 0.382 e. The minimum Gasteiger partial charge on any atom is -0.382 e. The summed E-state index contributed by atoms with van der Waals surface area (Å²) in [7, 11) is 0. The number of nitrogens with one attached hydrogen (secondary N) is 1. The van der Waals surface area contributed by atoms with E-state index in [0.717, 1.165) is 0 Å². The molecule has 0 aromatic heterocycles. The van der Waals surface area contributed by atoms with E-state index in [2.05, 4.69) is 62.5 Å². The summed E-state index contributed by atoms with van der Waals surface area (Å²) in [6, 6.07) is 14.2. The molecule has 0 spiro atoms. The number of hydrogen-bond donors (Lipinski definition) is 1. The highest BCUT2D eigenvalue weighted by Crippen LogP contribution is 2.30. The summed E-state index contributed by atoms with van der Waals surface area (Å²) < 4.78 is 0. The van der Waals surface area contributed by atoms with Gasteiger partial charge in [0.05, 0.1) is 0 Å². The van der Waals surface area contributed by atoms with Gasteiger partial charge in [-0.1, -0.05) is 35.4 Å². The first-order valence-electron chi connectivity index (χ1n) is 7.10. The summed E-state index contributed by atoms with van der Waals surface area (Å²) in [5.41, 5.74) is 8.10. The maximum atomic E-state index is 3.56. The lowest BCUT2D eigenvalue weighted by atomic mass is 9.94. The zero-order chi connectivity index (χ0) is 13.4. The van der Waals surface area contributed by atoms with Crippen molar-refractivity contribution >= 4 is 5.69 Å². The van der Waals surface area contributed by atoms with Crippen molar-refractivity contribution in [1.29, 1.82) is 0 Å². The second-order valence-electron chi connectivity index (χ2n) is 5.83. The van der Waals surface area contributed by atoms with Crippen LogP contribution in [0.2, 0.25) is 0 Å². The third-order valence-corrected chi connectivity index (χ3v) is 3.91. The molecule has 1 unspecified atom stereocenters. The van der Waals surface area contributed by atoms with Gasteiger partial charge in [-0.2, -0.15) is 0 Å². The maximum absolute atomic E-state index is 3.56. The van der Waals surface area contributed by atoms with Gasteiger partial charge >= 0.3 is 0 Å². The Hall–Kier alpha value is -1.76. The minimum absolute atomic E-state index is 0.597. The fourth-order valence-corrected chi connectivity index (χ4v) is 2.97. The second kappa shape index (κ2) is 4.73. The third-order valence-electron chi connectivity index (χ3n) is 3.91. The predicted octanol–water partition coefficient (Wildman–Crippen LogP) is 4.72. The Balaban J connectivity index is 2.02. The first-order valence-corrected chi connectivity index (χ1v) is 7.10. The van der Waals surface area contributed by atoms with Crippen LogP contribution in [-0.2, 0) is 6.42 Å². The van der Waals surface area contributed by atoms with Crippen LogP contribution < -0.4 is 5.32 Å². The molecule has 1 heterocycles. The summed E-state index contributed by atoms with van der Waals surface area (Å²) in [6.45, 7) is 6.58. The minimum atomic E-state index is 0.597. The van der Waals surface area contributed by atoms with Crippen LogP contribution in [0.4, 0.5) is 5.69 Å². The van der Waals surface area contributed by atoms with Crippen LogP contribution in [0.25, 0.3) is 11.1 Å². The van der Waals surface area contributed by atoms with Gasteiger partial charge in [0.15, 0.2) is 0 Å². The number of anilines is 1. The van der Waals surface area contributed by atoms with E-state index in [1.807, 2.05) is 0 Å². The average Bonchev–Trinajstić information content (AvgIpc) is 2.37. The summed E-state index contributed by atoms with van der Waals surface area (Å²) in [5, 5.41) is 3.56. The van der Waals surface area contributed by atoms with Crippen molar-refractivity contribution in [3.8, 4) is 11.1 Å². The van der Waals surface area contributed by atoms with Gasteiger partial charge in [0.25, 0.3) is 0 Å². The monoisotopic (exact) mass is 251 g/mol. The van der Waals surface area contributed by atoms with Gasteiger partial charge in [0, 0.05) is 11.7 Å². The highest BCUT2D eigenvalue weighted by Gasteiger charge is 2.14. The highest BCUT2D eigenvalue weighted by atomic mass is 14.9. The molecule has 1 heteroatoms. The Kier molecular flexibility index (Phi) is 3.06. The van der Waals surface area contributed by atoms with Gasteiger partial charge in [-0.05, 0) is 62.4 Å². The molecular formula is C18H21N. The van der Waals surface area contributed by atoms with E-state index in [0.29, 0.717) is 6.04 Å². The molecule has 2 aromatic rings. The molecule has 2 aromatic carbocycles. The molecule has 0 saturated carbocycles. The van der Waals surface area contributed by atoms with Crippen molar-refractivity contribution in [3.05, 3.63) is 53.1 Å². The molecule has 1 aliphatic rings. The molecule has 19 heavy (non-hydrogen) atoms. The van der Waals surface area contributed by atoms with E-state index in [1.165, 1.54) is 46.3 Å². The Labute approximate surface area is 115 Å². The number of hydrogen-bond acceptors (Lipinski definition) is 1. The standard InChI is InChI=1S/C18H21N/c1-12-8-13(2)10-17(9-12)15-6-7-18-16(11-15)5-4-14(3)19-18/h6-11,14,19H,4-5H2,1-3H3. The molecule has 3 rings (SSSR count). The number of aryl methyl sites for hydroxylation is 3. The summed E-state index contributed by atoms with van der Waals surface area (Å²) >= 11 is 0. The van der Waals surface area contributed by atoms with E-state index in [1.54, 1.807) is 0 Å². The molecular weight excluding hydrogens is 230 g/mol. The lowest BCUT2D eigenvalue weighted by Crippen LogP contribution is -2.21.